The first-order chi connectivity index (χ1) is 12.6. The summed E-state index contributed by atoms with van der Waals surface area (Å²) in [6.45, 7) is 2.25. The third-order valence-corrected chi connectivity index (χ3v) is 4.64. The number of hydrogen-bond acceptors (Lipinski definition) is 5. The Kier molecular flexibility index (Phi) is 4.16. The van der Waals surface area contributed by atoms with Crippen LogP contribution in [0.15, 0.2) is 52.9 Å². The molecule has 1 amide bonds. The van der Waals surface area contributed by atoms with E-state index in [9.17, 15) is 9.59 Å². The van der Waals surface area contributed by atoms with Crippen LogP contribution in [0, 0.1) is 0 Å². The summed E-state index contributed by atoms with van der Waals surface area (Å²) in [6.07, 6.45) is 1.65. The summed E-state index contributed by atoms with van der Waals surface area (Å²) in [7, 11) is 0. The van der Waals surface area contributed by atoms with Gasteiger partial charge < -0.3 is 14.6 Å². The second-order valence-electron chi connectivity index (χ2n) is 6.44. The van der Waals surface area contributed by atoms with Crippen molar-refractivity contribution >= 4 is 34.5 Å². The van der Waals surface area contributed by atoms with Gasteiger partial charge in [0.25, 0.3) is 6.01 Å². The molecule has 6 heteroatoms. The van der Waals surface area contributed by atoms with Gasteiger partial charge in [0, 0.05) is 17.8 Å². The van der Waals surface area contributed by atoms with Crippen molar-refractivity contribution in [3.63, 3.8) is 0 Å². The zero-order chi connectivity index (χ0) is 18.1. The van der Waals surface area contributed by atoms with Crippen LogP contribution in [0.4, 0.5) is 11.7 Å². The number of anilines is 2. The molecule has 0 spiro atoms. The number of nitrogens with zero attached hydrogens (tertiary/aromatic N) is 2. The molecule has 1 saturated heterocycles. The number of hydrogen-bond donors (Lipinski definition) is 1. The molecule has 2 heterocycles. The maximum absolute atomic E-state index is 12.7. The number of aromatic nitrogens is 1. The maximum Gasteiger partial charge on any atom is 0.299 e. The van der Waals surface area contributed by atoms with Gasteiger partial charge in [-0.05, 0) is 56.2 Å². The Morgan fingerprint density at radius 1 is 1.15 bits per heavy atom. The zero-order valence-corrected chi connectivity index (χ0v) is 14.4. The predicted molar refractivity (Wildman–Crippen MR) is 99.5 cm³/mol. The van der Waals surface area contributed by atoms with Gasteiger partial charge in [-0.25, -0.2) is 0 Å². The number of oxazole rings is 1. The van der Waals surface area contributed by atoms with Crippen LogP contribution in [-0.2, 0) is 4.79 Å². The SMILES string of the molecule is CC(=O)c1ccc(NC(=O)[C@@H]2CCCN2c2nc3ccccc3o2)cc1. The fourth-order valence-electron chi connectivity index (χ4n) is 3.26. The first-order valence-electron chi connectivity index (χ1n) is 8.66. The van der Waals surface area contributed by atoms with Gasteiger partial charge in [0.2, 0.25) is 5.91 Å². The number of fused-ring (bicyclic) bond motifs is 1. The van der Waals surface area contributed by atoms with Gasteiger partial charge in [-0.1, -0.05) is 12.1 Å². The molecule has 0 radical (unpaired) electrons. The lowest BCUT2D eigenvalue weighted by molar-refractivity contribution is -0.117. The Labute approximate surface area is 150 Å². The molecule has 1 atom stereocenters. The quantitative estimate of drug-likeness (QED) is 0.728. The van der Waals surface area contributed by atoms with Crippen LogP contribution in [0.25, 0.3) is 11.1 Å². The molecule has 1 fully saturated rings. The predicted octanol–water partition coefficient (Wildman–Crippen LogP) is 3.64. The van der Waals surface area contributed by atoms with Gasteiger partial charge in [0.15, 0.2) is 11.4 Å². The van der Waals surface area contributed by atoms with E-state index in [1.165, 1.54) is 6.92 Å². The minimum atomic E-state index is -0.324. The molecular formula is C20H19N3O3. The Hall–Kier alpha value is -3.15. The van der Waals surface area contributed by atoms with E-state index in [-0.39, 0.29) is 17.7 Å². The van der Waals surface area contributed by atoms with Crippen LogP contribution in [0.3, 0.4) is 0 Å². The van der Waals surface area contributed by atoms with E-state index < -0.39 is 0 Å². The van der Waals surface area contributed by atoms with Crippen LogP contribution in [0.5, 0.6) is 0 Å². The van der Waals surface area contributed by atoms with Crippen molar-refractivity contribution in [3.05, 3.63) is 54.1 Å². The van der Waals surface area contributed by atoms with Crippen molar-refractivity contribution in [3.8, 4) is 0 Å². The second kappa shape index (κ2) is 6.63. The minimum absolute atomic E-state index is 0.000745. The molecule has 1 aromatic heterocycles. The lowest BCUT2D eigenvalue weighted by atomic mass is 10.1. The zero-order valence-electron chi connectivity index (χ0n) is 14.4. The summed E-state index contributed by atoms with van der Waals surface area (Å²) in [5, 5.41) is 2.92. The molecule has 2 aromatic carbocycles. The molecule has 0 bridgehead atoms. The van der Waals surface area contributed by atoms with E-state index in [1.54, 1.807) is 24.3 Å². The number of carbonyl (C=O) groups is 2. The fraction of sp³-hybridized carbons (Fsp3) is 0.250. The van der Waals surface area contributed by atoms with Crippen LogP contribution < -0.4 is 10.2 Å². The largest absolute Gasteiger partial charge is 0.423 e. The van der Waals surface area contributed by atoms with Crippen molar-refractivity contribution in [2.24, 2.45) is 0 Å². The summed E-state index contributed by atoms with van der Waals surface area (Å²) in [5.41, 5.74) is 2.79. The number of Topliss-reactive ketones (excluding diaryl/α,β-unsaturated/α-hetero) is 1. The van der Waals surface area contributed by atoms with Crippen molar-refractivity contribution in [2.75, 3.05) is 16.8 Å². The number of nitrogens with one attached hydrogen (secondary N) is 1. The highest BCUT2D eigenvalue weighted by Gasteiger charge is 2.33. The van der Waals surface area contributed by atoms with Gasteiger partial charge in [-0.3, -0.25) is 9.59 Å². The maximum atomic E-state index is 12.7. The molecule has 4 rings (SSSR count). The van der Waals surface area contributed by atoms with Gasteiger partial charge >= 0.3 is 0 Å². The number of benzene rings is 2. The lowest BCUT2D eigenvalue weighted by Crippen LogP contribution is -2.39. The van der Waals surface area contributed by atoms with Crippen molar-refractivity contribution in [2.45, 2.75) is 25.8 Å². The number of carbonyl (C=O) groups excluding carboxylic acids is 2. The van der Waals surface area contributed by atoms with Crippen molar-refractivity contribution in [1.82, 2.24) is 4.98 Å². The molecule has 1 aliphatic heterocycles. The van der Waals surface area contributed by atoms with E-state index in [0.717, 1.165) is 24.9 Å². The normalized spacial score (nSPS) is 16.8. The molecule has 1 N–H and O–H groups in total. The average molecular weight is 349 g/mol. The van der Waals surface area contributed by atoms with E-state index in [4.69, 9.17) is 4.42 Å². The van der Waals surface area contributed by atoms with E-state index in [2.05, 4.69) is 10.3 Å². The summed E-state index contributed by atoms with van der Waals surface area (Å²) in [6, 6.07) is 14.6. The second-order valence-corrected chi connectivity index (χ2v) is 6.44. The van der Waals surface area contributed by atoms with Gasteiger partial charge in [0.05, 0.1) is 0 Å². The molecular weight excluding hydrogens is 330 g/mol. The van der Waals surface area contributed by atoms with Gasteiger partial charge in [-0.2, -0.15) is 4.98 Å². The van der Waals surface area contributed by atoms with Crippen LogP contribution in [-0.4, -0.2) is 29.3 Å². The molecule has 0 aliphatic carbocycles. The summed E-state index contributed by atoms with van der Waals surface area (Å²) < 4.78 is 5.82. The Morgan fingerprint density at radius 3 is 2.65 bits per heavy atom. The highest BCUT2D eigenvalue weighted by molar-refractivity contribution is 5.98. The monoisotopic (exact) mass is 349 g/mol. The van der Waals surface area contributed by atoms with Gasteiger partial charge in [-0.15, -0.1) is 0 Å². The Bertz CT molecular complexity index is 929. The van der Waals surface area contributed by atoms with Crippen LogP contribution in [0.1, 0.15) is 30.1 Å². The fourth-order valence-corrected chi connectivity index (χ4v) is 3.26. The first-order valence-corrected chi connectivity index (χ1v) is 8.66. The standard InChI is InChI=1S/C20H19N3O3/c1-13(24)14-8-10-15(11-9-14)21-19(25)17-6-4-12-23(17)20-22-16-5-2-3-7-18(16)26-20/h2-3,5,7-11,17H,4,6,12H2,1H3,(H,21,25)/t17-/m0/s1. The smallest absolute Gasteiger partial charge is 0.299 e. The molecule has 3 aromatic rings. The minimum Gasteiger partial charge on any atom is -0.423 e. The summed E-state index contributed by atoms with van der Waals surface area (Å²) >= 11 is 0. The molecule has 0 saturated carbocycles. The van der Waals surface area contributed by atoms with E-state index in [1.807, 2.05) is 29.2 Å². The highest BCUT2D eigenvalue weighted by atomic mass is 16.4. The molecule has 1 aliphatic rings. The average Bonchev–Trinajstić information content (AvgIpc) is 3.28. The van der Waals surface area contributed by atoms with E-state index >= 15 is 0 Å². The molecule has 132 valence electrons. The molecule has 26 heavy (non-hydrogen) atoms. The Morgan fingerprint density at radius 2 is 1.92 bits per heavy atom. The summed E-state index contributed by atoms with van der Waals surface area (Å²) in [5.74, 6) is -0.0962. The third-order valence-electron chi connectivity index (χ3n) is 4.64. The number of amides is 1. The van der Waals surface area contributed by atoms with Crippen LogP contribution in [0.2, 0.25) is 0 Å². The van der Waals surface area contributed by atoms with Crippen molar-refractivity contribution in [1.29, 1.82) is 0 Å². The first kappa shape index (κ1) is 16.3. The number of para-hydroxylation sites is 2. The molecule has 0 unspecified atom stereocenters. The number of ketones is 1. The third kappa shape index (κ3) is 3.06. The lowest BCUT2D eigenvalue weighted by Gasteiger charge is -2.22. The Balaban J connectivity index is 1.52. The topological polar surface area (TPSA) is 75.4 Å². The van der Waals surface area contributed by atoms with E-state index in [0.29, 0.717) is 22.8 Å². The van der Waals surface area contributed by atoms with Gasteiger partial charge in [0.1, 0.15) is 11.6 Å². The van der Waals surface area contributed by atoms with Crippen molar-refractivity contribution < 1.29 is 14.0 Å². The molecule has 6 nitrogen and oxygen atoms in total. The van der Waals surface area contributed by atoms with Crippen LogP contribution >= 0.6 is 0 Å². The summed E-state index contributed by atoms with van der Waals surface area (Å²) in [4.78, 5) is 30.5. The number of rotatable bonds is 4. The highest BCUT2D eigenvalue weighted by Crippen LogP contribution is 2.29.